The number of nitro benzene ring substituents is 1. The number of non-ortho nitro benzene ring substituents is 1. The van der Waals surface area contributed by atoms with Crippen molar-refractivity contribution >= 4 is 27.3 Å². The van der Waals surface area contributed by atoms with Crippen LogP contribution in [0.2, 0.25) is 0 Å². The predicted molar refractivity (Wildman–Crippen MR) is 116 cm³/mol. The maximum atomic E-state index is 12.6. The molecular formula is C21H25N3O6S. The number of ether oxygens (including phenoxy) is 1. The van der Waals surface area contributed by atoms with Crippen LogP contribution in [0, 0.1) is 17.0 Å². The van der Waals surface area contributed by atoms with Gasteiger partial charge < -0.3 is 10.1 Å². The van der Waals surface area contributed by atoms with Gasteiger partial charge in [0.15, 0.2) is 6.61 Å². The van der Waals surface area contributed by atoms with Gasteiger partial charge in [-0.05, 0) is 49.6 Å². The van der Waals surface area contributed by atoms with E-state index in [1.165, 1.54) is 42.5 Å². The zero-order valence-corrected chi connectivity index (χ0v) is 18.0. The Bertz CT molecular complexity index is 1060. The average molecular weight is 448 g/mol. The third-order valence-electron chi connectivity index (χ3n) is 5.08. The Morgan fingerprint density at radius 1 is 1.16 bits per heavy atom. The summed E-state index contributed by atoms with van der Waals surface area (Å²) in [5.41, 5.74) is 0.734. The molecule has 0 spiro atoms. The van der Waals surface area contributed by atoms with E-state index in [4.69, 9.17) is 4.74 Å². The van der Waals surface area contributed by atoms with Crippen molar-refractivity contribution in [3.8, 4) is 5.75 Å². The molecule has 0 bridgehead atoms. The quantitative estimate of drug-likeness (QED) is 0.471. The molecule has 9 nitrogen and oxygen atoms in total. The van der Waals surface area contributed by atoms with Crippen molar-refractivity contribution in [3.05, 3.63) is 58.1 Å². The summed E-state index contributed by atoms with van der Waals surface area (Å²) >= 11 is 0. The van der Waals surface area contributed by atoms with E-state index in [2.05, 4.69) is 10.0 Å². The Morgan fingerprint density at radius 2 is 1.90 bits per heavy atom. The lowest BCUT2D eigenvalue weighted by molar-refractivity contribution is -0.384. The van der Waals surface area contributed by atoms with E-state index >= 15 is 0 Å². The van der Waals surface area contributed by atoms with Crippen molar-refractivity contribution in [1.82, 2.24) is 4.72 Å². The molecule has 1 amide bonds. The number of nitro groups is 1. The average Bonchev–Trinajstić information content (AvgIpc) is 2.73. The fourth-order valence-corrected chi connectivity index (χ4v) is 4.89. The van der Waals surface area contributed by atoms with E-state index in [-0.39, 0.29) is 28.9 Å². The molecule has 0 unspecified atom stereocenters. The number of benzene rings is 2. The molecular weight excluding hydrogens is 422 g/mol. The van der Waals surface area contributed by atoms with Crippen LogP contribution < -0.4 is 14.8 Å². The van der Waals surface area contributed by atoms with Crippen molar-refractivity contribution in [3.63, 3.8) is 0 Å². The molecule has 31 heavy (non-hydrogen) atoms. The standard InChI is InChI=1S/C21H25N3O6S/c1-15-12-19(31(28,29)23-16-6-3-2-4-7-16)10-11-20(15)30-14-21(25)22-17-8-5-9-18(13-17)24(26)27/h5,8-13,16,23H,2-4,6-7,14H2,1H3,(H,22,25). The van der Waals surface area contributed by atoms with Gasteiger partial charge in [0, 0.05) is 23.9 Å². The van der Waals surface area contributed by atoms with Gasteiger partial charge in [0.1, 0.15) is 5.75 Å². The summed E-state index contributed by atoms with van der Waals surface area (Å²) in [4.78, 5) is 22.5. The number of hydrogen-bond donors (Lipinski definition) is 2. The molecule has 0 saturated heterocycles. The number of aryl methyl sites for hydroxylation is 1. The van der Waals surface area contributed by atoms with Crippen LogP contribution in [0.5, 0.6) is 5.75 Å². The lowest BCUT2D eigenvalue weighted by Crippen LogP contribution is -2.36. The molecule has 0 radical (unpaired) electrons. The third kappa shape index (κ3) is 6.25. The SMILES string of the molecule is Cc1cc(S(=O)(=O)NC2CCCCC2)ccc1OCC(=O)Nc1cccc([N+](=O)[O-])c1. The number of nitrogens with one attached hydrogen (secondary N) is 2. The Morgan fingerprint density at radius 3 is 2.58 bits per heavy atom. The van der Waals surface area contributed by atoms with Gasteiger partial charge >= 0.3 is 0 Å². The molecule has 0 aromatic heterocycles. The second-order valence-electron chi connectivity index (χ2n) is 7.53. The molecule has 3 rings (SSSR count). The van der Waals surface area contributed by atoms with Gasteiger partial charge in [0.2, 0.25) is 10.0 Å². The maximum absolute atomic E-state index is 12.6. The molecule has 10 heteroatoms. The summed E-state index contributed by atoms with van der Waals surface area (Å²) in [6, 6.07) is 10.0. The van der Waals surface area contributed by atoms with Gasteiger partial charge in [-0.25, -0.2) is 13.1 Å². The van der Waals surface area contributed by atoms with Crippen LogP contribution in [-0.4, -0.2) is 31.9 Å². The first kappa shape index (κ1) is 22.7. The molecule has 166 valence electrons. The molecule has 0 heterocycles. The number of hydrogen-bond acceptors (Lipinski definition) is 6. The highest BCUT2D eigenvalue weighted by Gasteiger charge is 2.22. The van der Waals surface area contributed by atoms with Gasteiger partial charge in [-0.1, -0.05) is 25.3 Å². The number of carbonyl (C=O) groups excluding carboxylic acids is 1. The van der Waals surface area contributed by atoms with Crippen LogP contribution in [0.15, 0.2) is 47.4 Å². The predicted octanol–water partition coefficient (Wildman–Crippen LogP) is 3.53. The molecule has 2 aromatic rings. The summed E-state index contributed by atoms with van der Waals surface area (Å²) in [6.45, 7) is 1.38. The number of amides is 1. The molecule has 1 aliphatic rings. The molecule has 1 fully saturated rings. The van der Waals surface area contributed by atoms with E-state index in [1.54, 1.807) is 6.92 Å². The normalized spacial score (nSPS) is 14.7. The molecule has 0 atom stereocenters. The number of rotatable bonds is 8. The molecule has 2 N–H and O–H groups in total. The van der Waals surface area contributed by atoms with Gasteiger partial charge in [0.05, 0.1) is 9.82 Å². The summed E-state index contributed by atoms with van der Waals surface area (Å²) in [6.07, 6.45) is 4.88. The maximum Gasteiger partial charge on any atom is 0.271 e. The first-order valence-electron chi connectivity index (χ1n) is 10.0. The lowest BCUT2D eigenvalue weighted by Gasteiger charge is -2.22. The van der Waals surface area contributed by atoms with Crippen LogP contribution in [-0.2, 0) is 14.8 Å². The highest BCUT2D eigenvalue weighted by atomic mass is 32.2. The summed E-state index contributed by atoms with van der Waals surface area (Å²) in [5.74, 6) is -0.110. The van der Waals surface area contributed by atoms with Gasteiger partial charge in [-0.2, -0.15) is 0 Å². The van der Waals surface area contributed by atoms with Crippen molar-refractivity contribution in [1.29, 1.82) is 0 Å². The van der Waals surface area contributed by atoms with E-state index < -0.39 is 20.9 Å². The van der Waals surface area contributed by atoms with Crippen LogP contribution >= 0.6 is 0 Å². The Balaban J connectivity index is 1.59. The summed E-state index contributed by atoms with van der Waals surface area (Å²) < 4.78 is 33.6. The van der Waals surface area contributed by atoms with Crippen molar-refractivity contribution in [2.75, 3.05) is 11.9 Å². The van der Waals surface area contributed by atoms with Gasteiger partial charge in [0.25, 0.3) is 11.6 Å². The van der Waals surface area contributed by atoms with Crippen molar-refractivity contribution < 1.29 is 22.9 Å². The molecule has 1 saturated carbocycles. The summed E-state index contributed by atoms with van der Waals surface area (Å²) in [5, 5.41) is 13.4. The zero-order chi connectivity index (χ0) is 22.4. The Labute approximate surface area is 181 Å². The Hall–Kier alpha value is -2.98. The largest absolute Gasteiger partial charge is 0.483 e. The zero-order valence-electron chi connectivity index (χ0n) is 17.2. The number of sulfonamides is 1. The minimum atomic E-state index is -3.62. The van der Waals surface area contributed by atoms with E-state index in [0.717, 1.165) is 32.1 Å². The second-order valence-corrected chi connectivity index (χ2v) is 9.24. The second kappa shape index (κ2) is 9.88. The number of nitrogens with zero attached hydrogens (tertiary/aromatic N) is 1. The number of anilines is 1. The van der Waals surface area contributed by atoms with Gasteiger partial charge in [-0.15, -0.1) is 0 Å². The Kier molecular flexibility index (Phi) is 7.24. The fraction of sp³-hybridized carbons (Fsp3) is 0.381. The van der Waals surface area contributed by atoms with Crippen LogP contribution in [0.25, 0.3) is 0 Å². The van der Waals surface area contributed by atoms with Crippen LogP contribution in [0.4, 0.5) is 11.4 Å². The van der Waals surface area contributed by atoms with E-state index in [9.17, 15) is 23.3 Å². The van der Waals surface area contributed by atoms with Crippen LogP contribution in [0.1, 0.15) is 37.7 Å². The highest BCUT2D eigenvalue weighted by Crippen LogP contribution is 2.24. The topological polar surface area (TPSA) is 128 Å². The summed E-state index contributed by atoms with van der Waals surface area (Å²) in [7, 11) is -3.62. The van der Waals surface area contributed by atoms with Crippen LogP contribution in [0.3, 0.4) is 0 Å². The van der Waals surface area contributed by atoms with Crippen molar-refractivity contribution in [2.45, 2.75) is 50.0 Å². The monoisotopic (exact) mass is 447 g/mol. The third-order valence-corrected chi connectivity index (χ3v) is 6.60. The lowest BCUT2D eigenvalue weighted by atomic mass is 9.96. The fourth-order valence-electron chi connectivity index (χ4n) is 3.50. The molecule has 0 aliphatic heterocycles. The minimum absolute atomic E-state index is 0.0347. The molecule has 1 aliphatic carbocycles. The van der Waals surface area contributed by atoms with Crippen molar-refractivity contribution in [2.24, 2.45) is 0 Å². The smallest absolute Gasteiger partial charge is 0.271 e. The first-order chi connectivity index (χ1) is 14.7. The first-order valence-corrected chi connectivity index (χ1v) is 11.5. The van der Waals surface area contributed by atoms with E-state index in [1.807, 2.05) is 0 Å². The highest BCUT2D eigenvalue weighted by molar-refractivity contribution is 7.89. The van der Waals surface area contributed by atoms with E-state index in [0.29, 0.717) is 11.3 Å². The minimum Gasteiger partial charge on any atom is -0.483 e. The molecule has 2 aromatic carbocycles. The van der Waals surface area contributed by atoms with Gasteiger partial charge in [-0.3, -0.25) is 14.9 Å². The number of carbonyl (C=O) groups is 1.